The van der Waals surface area contributed by atoms with Crippen molar-refractivity contribution in [3.63, 3.8) is 0 Å². The molecule has 1 N–H and O–H groups in total. The Hall–Kier alpha value is -1.41. The Morgan fingerprint density at radius 3 is 2.62 bits per heavy atom. The number of carbonyl (C=O) groups excluding carboxylic acids is 1. The zero-order valence-corrected chi connectivity index (χ0v) is 12.9. The molecule has 1 amide bonds. The van der Waals surface area contributed by atoms with Crippen molar-refractivity contribution >= 4 is 34.8 Å². The summed E-state index contributed by atoms with van der Waals surface area (Å²) < 4.78 is 10.00. The highest BCUT2D eigenvalue weighted by Crippen LogP contribution is 2.30. The van der Waals surface area contributed by atoms with Crippen LogP contribution in [0.3, 0.4) is 0 Å². The number of nitrogens with zero attached hydrogens (tertiary/aromatic N) is 1. The van der Waals surface area contributed by atoms with Crippen LogP contribution in [-0.2, 0) is 9.47 Å². The van der Waals surface area contributed by atoms with Gasteiger partial charge in [0.1, 0.15) is 0 Å². The van der Waals surface area contributed by atoms with Crippen molar-refractivity contribution < 1.29 is 19.2 Å². The highest BCUT2D eigenvalue weighted by atomic mass is 35.5. The zero-order valence-electron chi connectivity index (χ0n) is 11.4. The number of hydrogen-bond donors (Lipinski definition) is 1. The summed E-state index contributed by atoms with van der Waals surface area (Å²) in [5, 5.41) is 13.2. The van der Waals surface area contributed by atoms with E-state index in [4.69, 9.17) is 32.7 Å². The first kappa shape index (κ1) is 17.6. The molecule has 0 aliphatic carbocycles. The average Bonchev–Trinajstić information content (AvgIpc) is 2.45. The fourth-order valence-electron chi connectivity index (χ4n) is 1.54. The molecule has 0 bridgehead atoms. The van der Waals surface area contributed by atoms with Gasteiger partial charge in [-0.1, -0.05) is 23.2 Å². The number of benzene rings is 1. The molecule has 1 aromatic carbocycles. The molecular weight excluding hydrogens is 323 g/mol. The fourth-order valence-corrected chi connectivity index (χ4v) is 1.95. The van der Waals surface area contributed by atoms with Gasteiger partial charge in [-0.15, -0.1) is 0 Å². The van der Waals surface area contributed by atoms with Crippen molar-refractivity contribution in [2.24, 2.45) is 0 Å². The number of nitro benzene ring substituents is 1. The van der Waals surface area contributed by atoms with Crippen LogP contribution in [0.2, 0.25) is 10.0 Å². The first-order valence-corrected chi connectivity index (χ1v) is 6.59. The van der Waals surface area contributed by atoms with Gasteiger partial charge in [-0.05, 0) is 0 Å². The van der Waals surface area contributed by atoms with Crippen molar-refractivity contribution in [2.45, 2.75) is 6.10 Å². The molecule has 0 aromatic heterocycles. The molecule has 116 valence electrons. The summed E-state index contributed by atoms with van der Waals surface area (Å²) in [5.74, 6) is -0.580. The van der Waals surface area contributed by atoms with E-state index >= 15 is 0 Å². The molecule has 21 heavy (non-hydrogen) atoms. The number of ether oxygens (including phenoxy) is 2. The second-order valence-electron chi connectivity index (χ2n) is 4.07. The molecule has 1 aromatic rings. The van der Waals surface area contributed by atoms with Gasteiger partial charge in [0.25, 0.3) is 11.6 Å². The molecule has 0 saturated heterocycles. The topological polar surface area (TPSA) is 90.7 Å². The van der Waals surface area contributed by atoms with Crippen LogP contribution in [0, 0.1) is 10.1 Å². The van der Waals surface area contributed by atoms with Crippen LogP contribution in [0.5, 0.6) is 0 Å². The van der Waals surface area contributed by atoms with Crippen molar-refractivity contribution in [1.29, 1.82) is 0 Å². The van der Waals surface area contributed by atoms with Gasteiger partial charge in [0.2, 0.25) is 0 Å². The molecule has 0 fully saturated rings. The van der Waals surface area contributed by atoms with Gasteiger partial charge in [-0.25, -0.2) is 0 Å². The summed E-state index contributed by atoms with van der Waals surface area (Å²) in [7, 11) is 2.98. The number of methoxy groups -OCH3 is 2. The Labute approximate surface area is 131 Å². The molecule has 0 aliphatic rings. The van der Waals surface area contributed by atoms with Gasteiger partial charge < -0.3 is 14.8 Å². The molecule has 9 heteroatoms. The minimum Gasteiger partial charge on any atom is -0.382 e. The van der Waals surface area contributed by atoms with Crippen LogP contribution in [-0.4, -0.2) is 44.3 Å². The Bertz CT molecular complexity index is 539. The molecule has 1 rings (SSSR count). The molecule has 0 heterocycles. The second-order valence-corrected chi connectivity index (χ2v) is 4.85. The summed E-state index contributed by atoms with van der Waals surface area (Å²) in [6.45, 7) is 0.458. The quantitative estimate of drug-likeness (QED) is 0.609. The summed E-state index contributed by atoms with van der Waals surface area (Å²) in [5.41, 5.74) is -0.377. The highest BCUT2D eigenvalue weighted by Gasteiger charge is 2.20. The maximum absolute atomic E-state index is 12.0. The van der Waals surface area contributed by atoms with Gasteiger partial charge in [-0.3, -0.25) is 14.9 Å². The lowest BCUT2D eigenvalue weighted by Crippen LogP contribution is -2.35. The third-order valence-corrected chi connectivity index (χ3v) is 3.45. The average molecular weight is 337 g/mol. The molecule has 0 radical (unpaired) electrons. The molecule has 1 unspecified atom stereocenters. The lowest BCUT2D eigenvalue weighted by Gasteiger charge is -2.15. The van der Waals surface area contributed by atoms with E-state index in [9.17, 15) is 14.9 Å². The van der Waals surface area contributed by atoms with E-state index < -0.39 is 10.8 Å². The van der Waals surface area contributed by atoms with E-state index in [2.05, 4.69) is 5.32 Å². The van der Waals surface area contributed by atoms with Gasteiger partial charge in [0.15, 0.2) is 0 Å². The largest absolute Gasteiger partial charge is 0.382 e. The number of rotatable bonds is 7. The molecule has 0 spiro atoms. The van der Waals surface area contributed by atoms with Gasteiger partial charge >= 0.3 is 0 Å². The predicted octanol–water partition coefficient (Wildman–Crippen LogP) is 2.29. The van der Waals surface area contributed by atoms with Crippen LogP contribution >= 0.6 is 23.2 Å². The van der Waals surface area contributed by atoms with Crippen molar-refractivity contribution in [3.8, 4) is 0 Å². The smallest absolute Gasteiger partial charge is 0.271 e. The van der Waals surface area contributed by atoms with Crippen LogP contribution in [0.15, 0.2) is 12.1 Å². The highest BCUT2D eigenvalue weighted by molar-refractivity contribution is 6.44. The summed E-state index contributed by atoms with van der Waals surface area (Å²) in [4.78, 5) is 22.2. The monoisotopic (exact) mass is 336 g/mol. The maximum atomic E-state index is 12.0. The first-order chi connectivity index (χ1) is 9.90. The van der Waals surface area contributed by atoms with E-state index in [1.54, 1.807) is 0 Å². The van der Waals surface area contributed by atoms with Gasteiger partial charge in [-0.2, -0.15) is 0 Å². The molecular formula is C12H14Cl2N2O5. The van der Waals surface area contributed by atoms with Crippen LogP contribution in [0.25, 0.3) is 0 Å². The lowest BCUT2D eigenvalue weighted by molar-refractivity contribution is -0.384. The van der Waals surface area contributed by atoms with Crippen LogP contribution in [0.4, 0.5) is 5.69 Å². The van der Waals surface area contributed by atoms with Crippen molar-refractivity contribution in [1.82, 2.24) is 5.32 Å². The number of nitro groups is 1. The third-order valence-electron chi connectivity index (χ3n) is 2.64. The molecule has 1 atom stereocenters. The number of hydrogen-bond acceptors (Lipinski definition) is 5. The van der Waals surface area contributed by atoms with E-state index in [-0.39, 0.29) is 33.9 Å². The lowest BCUT2D eigenvalue weighted by atomic mass is 10.2. The minimum absolute atomic E-state index is 0.0412. The number of nitrogens with one attached hydrogen (secondary N) is 1. The molecule has 0 aliphatic heterocycles. The summed E-state index contributed by atoms with van der Waals surface area (Å²) >= 11 is 11.7. The first-order valence-electron chi connectivity index (χ1n) is 5.84. The van der Waals surface area contributed by atoms with Gasteiger partial charge in [0, 0.05) is 32.9 Å². The fraction of sp³-hybridized carbons (Fsp3) is 0.417. The Kier molecular flexibility index (Phi) is 6.83. The van der Waals surface area contributed by atoms with E-state index in [1.807, 2.05) is 0 Å². The summed E-state index contributed by atoms with van der Waals surface area (Å²) in [6.07, 6.45) is -0.341. The SMILES string of the molecule is COCC(CNC(=O)c1cc([N+](=O)[O-])cc(Cl)c1Cl)OC. The Balaban J connectivity index is 2.89. The number of halogens is 2. The zero-order chi connectivity index (χ0) is 16.0. The summed E-state index contributed by atoms with van der Waals surface area (Å²) in [6, 6.07) is 2.16. The number of amides is 1. The molecule has 0 saturated carbocycles. The van der Waals surface area contributed by atoms with E-state index in [1.165, 1.54) is 14.2 Å². The van der Waals surface area contributed by atoms with Crippen LogP contribution in [0.1, 0.15) is 10.4 Å². The third kappa shape index (κ3) is 4.82. The minimum atomic E-state index is -0.651. The Morgan fingerprint density at radius 1 is 1.43 bits per heavy atom. The number of non-ortho nitro benzene ring substituents is 1. The van der Waals surface area contributed by atoms with Crippen molar-refractivity contribution in [3.05, 3.63) is 37.9 Å². The second kappa shape index (κ2) is 8.14. The predicted molar refractivity (Wildman–Crippen MR) is 78.1 cm³/mol. The molecule has 7 nitrogen and oxygen atoms in total. The number of carbonyl (C=O) groups is 1. The maximum Gasteiger partial charge on any atom is 0.271 e. The van der Waals surface area contributed by atoms with Gasteiger partial charge in [0.05, 0.1) is 33.2 Å². The Morgan fingerprint density at radius 2 is 2.10 bits per heavy atom. The van der Waals surface area contributed by atoms with Crippen molar-refractivity contribution in [2.75, 3.05) is 27.4 Å². The normalized spacial score (nSPS) is 12.0. The van der Waals surface area contributed by atoms with Crippen LogP contribution < -0.4 is 5.32 Å². The van der Waals surface area contributed by atoms with E-state index in [0.717, 1.165) is 12.1 Å². The standard InChI is InChI=1S/C12H14Cl2N2O5/c1-20-6-8(21-2)5-15-12(17)9-3-7(16(18)19)4-10(13)11(9)14/h3-4,8H,5-6H2,1-2H3,(H,15,17). The van der Waals surface area contributed by atoms with E-state index in [0.29, 0.717) is 6.61 Å².